The van der Waals surface area contributed by atoms with E-state index in [-0.39, 0.29) is 0 Å². The van der Waals surface area contributed by atoms with Crippen molar-refractivity contribution in [2.45, 2.75) is 32.1 Å². The summed E-state index contributed by atoms with van der Waals surface area (Å²) in [5.74, 6) is 0. The highest BCUT2D eigenvalue weighted by Crippen LogP contribution is 2.38. The summed E-state index contributed by atoms with van der Waals surface area (Å²) >= 11 is 7.82. The van der Waals surface area contributed by atoms with Crippen molar-refractivity contribution in [1.82, 2.24) is 0 Å². The van der Waals surface area contributed by atoms with Gasteiger partial charge in [0.2, 0.25) is 0 Å². The van der Waals surface area contributed by atoms with Crippen LogP contribution in [0.25, 0.3) is 0 Å². The predicted molar refractivity (Wildman–Crippen MR) is 114 cm³/mol. The minimum atomic E-state index is 0.967. The van der Waals surface area contributed by atoms with Crippen LogP contribution in [0.5, 0.6) is 0 Å². The Bertz CT molecular complexity index is 749. The molecule has 4 rings (SSSR count). The minimum Gasteiger partial charge on any atom is -0.374 e. The van der Waals surface area contributed by atoms with Gasteiger partial charge in [0.05, 0.1) is 0 Å². The number of anilines is 2. The van der Waals surface area contributed by atoms with E-state index in [0.717, 1.165) is 19.5 Å². The Labute approximate surface area is 167 Å². The number of hydrogen-bond acceptors (Lipinski definition) is 2. The first-order chi connectivity index (χ1) is 12.1. The van der Waals surface area contributed by atoms with Gasteiger partial charge in [0.15, 0.2) is 0 Å². The van der Waals surface area contributed by atoms with E-state index in [0.29, 0.717) is 0 Å². The third kappa shape index (κ3) is 3.12. The van der Waals surface area contributed by atoms with Gasteiger partial charge in [-0.25, -0.2) is 0 Å². The standard InChI is InChI=1S/C21H24Br2N2/c1-24-11-3-5-16-18(24)9-7-14(20(16)22)13-15-8-10-19-17(21(15)23)6-4-12-25(19)2/h7-10H,3-6,11-13H2,1-2H3. The van der Waals surface area contributed by atoms with Crippen LogP contribution in [0.1, 0.15) is 35.1 Å². The lowest BCUT2D eigenvalue weighted by atomic mass is 9.94. The molecule has 2 aromatic rings. The summed E-state index contributed by atoms with van der Waals surface area (Å²) in [6, 6.07) is 9.19. The topological polar surface area (TPSA) is 6.48 Å². The maximum Gasteiger partial charge on any atom is 0.0407 e. The molecule has 0 amide bonds. The second kappa shape index (κ2) is 6.96. The second-order valence-electron chi connectivity index (χ2n) is 7.30. The molecule has 0 bridgehead atoms. The van der Waals surface area contributed by atoms with Crippen LogP contribution < -0.4 is 9.80 Å². The second-order valence-corrected chi connectivity index (χ2v) is 8.89. The molecule has 4 heteroatoms. The average Bonchev–Trinajstić information content (AvgIpc) is 2.61. The van der Waals surface area contributed by atoms with Crippen LogP contribution in [0.4, 0.5) is 11.4 Å². The van der Waals surface area contributed by atoms with Gasteiger partial charge >= 0.3 is 0 Å². The van der Waals surface area contributed by atoms with Crippen molar-refractivity contribution in [2.24, 2.45) is 0 Å². The molecule has 0 unspecified atom stereocenters. The van der Waals surface area contributed by atoms with E-state index >= 15 is 0 Å². The zero-order valence-corrected chi connectivity index (χ0v) is 18.1. The lowest BCUT2D eigenvalue weighted by Crippen LogP contribution is -2.25. The Kier molecular flexibility index (Phi) is 4.85. The average molecular weight is 464 g/mol. The van der Waals surface area contributed by atoms with Crippen LogP contribution in [-0.4, -0.2) is 27.2 Å². The molecule has 2 aliphatic heterocycles. The van der Waals surface area contributed by atoms with E-state index in [1.807, 2.05) is 0 Å². The number of nitrogens with zero attached hydrogens (tertiary/aromatic N) is 2. The van der Waals surface area contributed by atoms with E-state index in [2.05, 4.69) is 80.0 Å². The molecule has 0 atom stereocenters. The lowest BCUT2D eigenvalue weighted by molar-refractivity contribution is 0.738. The van der Waals surface area contributed by atoms with Crippen LogP contribution in [-0.2, 0) is 19.3 Å². The van der Waals surface area contributed by atoms with Crippen molar-refractivity contribution < 1.29 is 0 Å². The summed E-state index contributed by atoms with van der Waals surface area (Å²) in [4.78, 5) is 4.75. The van der Waals surface area contributed by atoms with E-state index in [9.17, 15) is 0 Å². The highest BCUT2D eigenvalue weighted by atomic mass is 79.9. The van der Waals surface area contributed by atoms with Gasteiger partial charge in [-0.05, 0) is 66.5 Å². The molecule has 0 saturated carbocycles. The molecule has 0 radical (unpaired) electrons. The van der Waals surface area contributed by atoms with Gasteiger partial charge in [0.25, 0.3) is 0 Å². The van der Waals surface area contributed by atoms with Crippen molar-refractivity contribution in [2.75, 3.05) is 37.0 Å². The van der Waals surface area contributed by atoms with Crippen LogP contribution >= 0.6 is 31.9 Å². The van der Waals surface area contributed by atoms with Crippen molar-refractivity contribution in [3.63, 3.8) is 0 Å². The summed E-state index contributed by atoms with van der Waals surface area (Å²) in [7, 11) is 4.39. The number of hydrogen-bond donors (Lipinski definition) is 0. The molecule has 0 saturated heterocycles. The first kappa shape index (κ1) is 17.4. The first-order valence-electron chi connectivity index (χ1n) is 9.09. The Balaban J connectivity index is 1.69. The molecule has 0 fully saturated rings. The quantitative estimate of drug-likeness (QED) is 0.574. The van der Waals surface area contributed by atoms with Crippen molar-refractivity contribution in [1.29, 1.82) is 0 Å². The Morgan fingerprint density at radius 2 is 1.20 bits per heavy atom. The van der Waals surface area contributed by atoms with Crippen molar-refractivity contribution in [3.05, 3.63) is 55.5 Å². The maximum atomic E-state index is 3.91. The summed E-state index contributed by atoms with van der Waals surface area (Å²) in [5.41, 5.74) is 8.49. The highest BCUT2D eigenvalue weighted by molar-refractivity contribution is 9.11. The number of fused-ring (bicyclic) bond motifs is 2. The van der Waals surface area contributed by atoms with Gasteiger partial charge in [-0.1, -0.05) is 44.0 Å². The molecule has 2 aromatic carbocycles. The molecule has 0 spiro atoms. The molecule has 132 valence electrons. The van der Waals surface area contributed by atoms with E-state index in [1.165, 1.54) is 68.3 Å². The fourth-order valence-electron chi connectivity index (χ4n) is 4.22. The van der Waals surface area contributed by atoms with Gasteiger partial charge in [0, 0.05) is 47.5 Å². The molecule has 0 aliphatic carbocycles. The zero-order chi connectivity index (χ0) is 17.6. The van der Waals surface area contributed by atoms with Crippen LogP contribution in [0.3, 0.4) is 0 Å². The molecule has 2 aliphatic rings. The third-order valence-electron chi connectivity index (χ3n) is 5.64. The Morgan fingerprint density at radius 1 is 0.760 bits per heavy atom. The fourth-order valence-corrected chi connectivity index (χ4v) is 5.56. The number of benzene rings is 2. The fraction of sp³-hybridized carbons (Fsp3) is 0.429. The van der Waals surface area contributed by atoms with E-state index in [4.69, 9.17) is 0 Å². The summed E-state index contributed by atoms with van der Waals surface area (Å²) in [5, 5.41) is 0. The molecule has 25 heavy (non-hydrogen) atoms. The molecule has 0 N–H and O–H groups in total. The summed E-state index contributed by atoms with van der Waals surface area (Å²) < 4.78 is 2.61. The largest absolute Gasteiger partial charge is 0.374 e. The molecule has 0 aromatic heterocycles. The normalized spacial score (nSPS) is 16.6. The van der Waals surface area contributed by atoms with Gasteiger partial charge < -0.3 is 9.80 Å². The van der Waals surface area contributed by atoms with Crippen LogP contribution in [0.15, 0.2) is 33.2 Å². The number of rotatable bonds is 2. The lowest BCUT2D eigenvalue weighted by Gasteiger charge is -2.30. The Morgan fingerprint density at radius 3 is 1.64 bits per heavy atom. The van der Waals surface area contributed by atoms with Gasteiger partial charge in [-0.2, -0.15) is 0 Å². The SMILES string of the molecule is CN1CCCc2c1ccc(Cc1ccc3c(c1Br)CCCN3C)c2Br. The highest BCUT2D eigenvalue weighted by Gasteiger charge is 2.21. The Hall–Kier alpha value is -1.00. The third-order valence-corrected chi connectivity index (χ3v) is 7.62. The molecular formula is C21H24Br2N2. The molecule has 2 heterocycles. The van der Waals surface area contributed by atoms with E-state index in [1.54, 1.807) is 0 Å². The van der Waals surface area contributed by atoms with Crippen molar-refractivity contribution >= 4 is 43.2 Å². The monoisotopic (exact) mass is 462 g/mol. The van der Waals surface area contributed by atoms with E-state index < -0.39 is 0 Å². The van der Waals surface area contributed by atoms with Gasteiger partial charge in [0.1, 0.15) is 0 Å². The van der Waals surface area contributed by atoms with Crippen LogP contribution in [0.2, 0.25) is 0 Å². The molecule has 2 nitrogen and oxygen atoms in total. The summed E-state index contributed by atoms with van der Waals surface area (Å²) in [6.45, 7) is 2.31. The maximum absolute atomic E-state index is 3.91. The van der Waals surface area contributed by atoms with Crippen LogP contribution in [0, 0.1) is 0 Å². The van der Waals surface area contributed by atoms with Crippen molar-refractivity contribution in [3.8, 4) is 0 Å². The molecular weight excluding hydrogens is 440 g/mol. The first-order valence-corrected chi connectivity index (χ1v) is 10.7. The van der Waals surface area contributed by atoms with Gasteiger partial charge in [-0.3, -0.25) is 0 Å². The number of halogens is 2. The van der Waals surface area contributed by atoms with Gasteiger partial charge in [-0.15, -0.1) is 0 Å². The zero-order valence-electron chi connectivity index (χ0n) is 14.9. The predicted octanol–water partition coefficient (Wildman–Crippen LogP) is 5.57. The smallest absolute Gasteiger partial charge is 0.0407 e. The summed E-state index contributed by atoms with van der Waals surface area (Å²) in [6.07, 6.45) is 5.78. The minimum absolute atomic E-state index is 0.967.